The number of aromatic amines is 1. The van der Waals surface area contributed by atoms with E-state index < -0.39 is 0 Å². The van der Waals surface area contributed by atoms with Crippen molar-refractivity contribution in [1.82, 2.24) is 9.97 Å². The predicted molar refractivity (Wildman–Crippen MR) is 66.9 cm³/mol. The van der Waals surface area contributed by atoms with Gasteiger partial charge in [-0.1, -0.05) is 12.1 Å². The molecule has 0 saturated heterocycles. The van der Waals surface area contributed by atoms with Gasteiger partial charge in [0, 0.05) is 28.9 Å². The zero-order valence-corrected chi connectivity index (χ0v) is 9.35. The largest absolute Gasteiger partial charge is 0.345 e. The molecule has 0 spiro atoms. The first-order valence-electron chi connectivity index (χ1n) is 5.46. The molecular formula is C14H9FN2O. The van der Waals surface area contributed by atoms with E-state index in [1.54, 1.807) is 24.5 Å². The number of nitrogens with one attached hydrogen (secondary N) is 1. The Morgan fingerprint density at radius 3 is 2.89 bits per heavy atom. The molecule has 2 heterocycles. The van der Waals surface area contributed by atoms with Gasteiger partial charge in [0.15, 0.2) is 6.29 Å². The van der Waals surface area contributed by atoms with Gasteiger partial charge in [-0.05, 0) is 23.8 Å². The van der Waals surface area contributed by atoms with Crippen molar-refractivity contribution in [2.24, 2.45) is 0 Å². The predicted octanol–water partition coefficient (Wildman–Crippen LogP) is 3.18. The van der Waals surface area contributed by atoms with Crippen LogP contribution in [0.1, 0.15) is 10.4 Å². The van der Waals surface area contributed by atoms with Crippen LogP contribution in [-0.4, -0.2) is 16.3 Å². The maximum absolute atomic E-state index is 13.2. The number of nitrogens with zero attached hydrogens (tertiary/aromatic N) is 1. The van der Waals surface area contributed by atoms with Gasteiger partial charge in [0.05, 0.1) is 0 Å². The molecule has 0 aliphatic carbocycles. The monoisotopic (exact) mass is 240 g/mol. The van der Waals surface area contributed by atoms with Gasteiger partial charge < -0.3 is 4.98 Å². The average Bonchev–Trinajstić information content (AvgIpc) is 2.80. The van der Waals surface area contributed by atoms with Crippen LogP contribution in [0.15, 0.2) is 42.7 Å². The number of carbonyl (C=O) groups is 1. The van der Waals surface area contributed by atoms with Crippen molar-refractivity contribution >= 4 is 17.3 Å². The number of H-pyrrole nitrogens is 1. The lowest BCUT2D eigenvalue weighted by atomic mass is 10.1. The van der Waals surface area contributed by atoms with Crippen LogP contribution < -0.4 is 0 Å². The van der Waals surface area contributed by atoms with E-state index in [1.165, 1.54) is 12.1 Å². The van der Waals surface area contributed by atoms with Crippen LogP contribution in [-0.2, 0) is 0 Å². The summed E-state index contributed by atoms with van der Waals surface area (Å²) in [6, 6.07) is 8.11. The highest BCUT2D eigenvalue weighted by molar-refractivity contribution is 5.97. The van der Waals surface area contributed by atoms with Crippen LogP contribution in [0.2, 0.25) is 0 Å². The van der Waals surface area contributed by atoms with Gasteiger partial charge in [0.1, 0.15) is 11.5 Å². The minimum atomic E-state index is -0.294. The molecule has 3 nitrogen and oxygen atoms in total. The molecule has 0 unspecified atom stereocenters. The molecule has 0 atom stereocenters. The normalized spacial score (nSPS) is 10.7. The third-order valence-electron chi connectivity index (χ3n) is 2.85. The van der Waals surface area contributed by atoms with Crippen LogP contribution in [0, 0.1) is 5.82 Å². The van der Waals surface area contributed by atoms with Crippen LogP contribution in [0.3, 0.4) is 0 Å². The standard InChI is InChI=1S/C14H9FN2O/c15-12-3-1-2-9(4-12)10-5-13-11(8-18)7-17-14(13)16-6-10/h1-8H,(H,16,17). The molecule has 18 heavy (non-hydrogen) atoms. The number of halogens is 1. The quantitative estimate of drug-likeness (QED) is 0.699. The molecule has 2 aromatic heterocycles. The summed E-state index contributed by atoms with van der Waals surface area (Å²) in [5, 5.41) is 0.742. The Labute approximate surface area is 102 Å². The fourth-order valence-corrected chi connectivity index (χ4v) is 1.95. The summed E-state index contributed by atoms with van der Waals surface area (Å²) in [4.78, 5) is 18.0. The molecule has 0 saturated carbocycles. The fourth-order valence-electron chi connectivity index (χ4n) is 1.95. The van der Waals surface area contributed by atoms with Gasteiger partial charge in [-0.15, -0.1) is 0 Å². The van der Waals surface area contributed by atoms with Gasteiger partial charge in [-0.3, -0.25) is 4.79 Å². The summed E-state index contributed by atoms with van der Waals surface area (Å²) in [5.41, 5.74) is 2.72. The first-order chi connectivity index (χ1) is 8.78. The van der Waals surface area contributed by atoms with E-state index in [4.69, 9.17) is 0 Å². The number of fused-ring (bicyclic) bond motifs is 1. The zero-order chi connectivity index (χ0) is 12.5. The van der Waals surface area contributed by atoms with Gasteiger partial charge in [0.25, 0.3) is 0 Å². The maximum atomic E-state index is 13.2. The molecule has 0 aliphatic heterocycles. The highest BCUT2D eigenvalue weighted by Gasteiger charge is 2.06. The molecule has 3 aromatic rings. The van der Waals surface area contributed by atoms with E-state index in [1.807, 2.05) is 6.07 Å². The summed E-state index contributed by atoms with van der Waals surface area (Å²) in [7, 11) is 0. The van der Waals surface area contributed by atoms with Crippen LogP contribution >= 0.6 is 0 Å². The Hall–Kier alpha value is -2.49. The van der Waals surface area contributed by atoms with Crippen molar-refractivity contribution in [3.63, 3.8) is 0 Å². The summed E-state index contributed by atoms with van der Waals surface area (Å²) >= 11 is 0. The zero-order valence-electron chi connectivity index (χ0n) is 9.35. The third kappa shape index (κ3) is 1.68. The highest BCUT2D eigenvalue weighted by Crippen LogP contribution is 2.24. The molecule has 4 heteroatoms. The first kappa shape index (κ1) is 10.7. The molecule has 88 valence electrons. The van der Waals surface area contributed by atoms with E-state index in [0.717, 1.165) is 22.8 Å². The van der Waals surface area contributed by atoms with Crippen molar-refractivity contribution in [3.8, 4) is 11.1 Å². The van der Waals surface area contributed by atoms with Crippen molar-refractivity contribution in [3.05, 3.63) is 54.1 Å². The SMILES string of the molecule is O=Cc1c[nH]c2ncc(-c3cccc(F)c3)cc12. The average molecular weight is 240 g/mol. The van der Waals surface area contributed by atoms with Crippen LogP contribution in [0.25, 0.3) is 22.2 Å². The lowest BCUT2D eigenvalue weighted by Gasteiger charge is -2.01. The number of benzene rings is 1. The van der Waals surface area contributed by atoms with E-state index >= 15 is 0 Å². The van der Waals surface area contributed by atoms with Crippen LogP contribution in [0.5, 0.6) is 0 Å². The molecule has 0 amide bonds. The van der Waals surface area contributed by atoms with Crippen molar-refractivity contribution < 1.29 is 9.18 Å². The lowest BCUT2D eigenvalue weighted by Crippen LogP contribution is -1.84. The summed E-state index contributed by atoms with van der Waals surface area (Å²) in [6.45, 7) is 0. The van der Waals surface area contributed by atoms with Gasteiger partial charge in [0.2, 0.25) is 0 Å². The van der Waals surface area contributed by atoms with Crippen molar-refractivity contribution in [1.29, 1.82) is 0 Å². The molecule has 0 fully saturated rings. The van der Waals surface area contributed by atoms with E-state index in [0.29, 0.717) is 11.2 Å². The second-order valence-corrected chi connectivity index (χ2v) is 3.99. The van der Waals surface area contributed by atoms with Crippen LogP contribution in [0.4, 0.5) is 4.39 Å². The van der Waals surface area contributed by atoms with Crippen molar-refractivity contribution in [2.75, 3.05) is 0 Å². The lowest BCUT2D eigenvalue weighted by molar-refractivity contribution is 0.112. The molecule has 1 aromatic carbocycles. The number of carbonyl (C=O) groups excluding carboxylic acids is 1. The molecule has 0 radical (unpaired) electrons. The van der Waals surface area contributed by atoms with E-state index in [2.05, 4.69) is 9.97 Å². The van der Waals surface area contributed by atoms with E-state index in [9.17, 15) is 9.18 Å². The third-order valence-corrected chi connectivity index (χ3v) is 2.85. The van der Waals surface area contributed by atoms with E-state index in [-0.39, 0.29) is 5.82 Å². The first-order valence-corrected chi connectivity index (χ1v) is 5.46. The maximum Gasteiger partial charge on any atom is 0.152 e. The number of rotatable bonds is 2. The fraction of sp³-hybridized carbons (Fsp3) is 0. The minimum absolute atomic E-state index is 0.294. The second-order valence-electron chi connectivity index (χ2n) is 3.99. The van der Waals surface area contributed by atoms with Gasteiger partial charge in [-0.25, -0.2) is 9.37 Å². The number of aromatic nitrogens is 2. The number of aldehydes is 1. The molecule has 3 rings (SSSR count). The van der Waals surface area contributed by atoms with Crippen molar-refractivity contribution in [2.45, 2.75) is 0 Å². The topological polar surface area (TPSA) is 45.8 Å². The summed E-state index contributed by atoms with van der Waals surface area (Å²) < 4.78 is 13.2. The molecule has 0 aliphatic rings. The molecule has 0 bridgehead atoms. The summed E-state index contributed by atoms with van der Waals surface area (Å²) in [6.07, 6.45) is 4.04. The van der Waals surface area contributed by atoms with Gasteiger partial charge in [-0.2, -0.15) is 0 Å². The molecular weight excluding hydrogens is 231 g/mol. The summed E-state index contributed by atoms with van der Waals surface area (Å²) in [5.74, 6) is -0.294. The number of hydrogen-bond acceptors (Lipinski definition) is 2. The highest BCUT2D eigenvalue weighted by atomic mass is 19.1. The van der Waals surface area contributed by atoms with Gasteiger partial charge >= 0.3 is 0 Å². The smallest absolute Gasteiger partial charge is 0.152 e. The Morgan fingerprint density at radius 1 is 1.22 bits per heavy atom. The second kappa shape index (κ2) is 4.07. The Balaban J connectivity index is 2.21. The minimum Gasteiger partial charge on any atom is -0.345 e. The Kier molecular flexibility index (Phi) is 2.41. The Morgan fingerprint density at radius 2 is 2.11 bits per heavy atom. The Bertz CT molecular complexity index is 733. The molecule has 1 N–H and O–H groups in total. The number of hydrogen-bond donors (Lipinski definition) is 1. The number of pyridine rings is 1.